The molecule has 18 heteroatoms. The second kappa shape index (κ2) is 16.3. The maximum absolute atomic E-state index is 13.7. The first-order valence-electron chi connectivity index (χ1n) is 16.9. The Kier molecular flexibility index (Phi) is 11.8. The molecule has 3 fully saturated rings. The van der Waals surface area contributed by atoms with Crippen molar-refractivity contribution < 1.29 is 62.4 Å². The lowest BCUT2D eigenvalue weighted by molar-refractivity contribution is -0.364. The number of nitrogens with one attached hydrogen (secondary N) is 2. The SMILES string of the molecule is COc1cc([C@@H]2c3cc4c(cc3[C@@H](OC3OC5COC(C)OC5C(O)C3O)[C@H]3COC(=O)[C@H]23)OCO4)cc(C)c1OC(=O)NCCSSCCNCl. The Bertz CT molecular complexity index is 1640. The molecule has 4 heterocycles. The van der Waals surface area contributed by atoms with Crippen LogP contribution in [0, 0.1) is 18.8 Å². The number of methoxy groups -OCH3 is 1. The number of aliphatic hydroxyl groups excluding tert-OH is 2. The zero-order chi connectivity index (χ0) is 36.5. The van der Waals surface area contributed by atoms with Gasteiger partial charge in [-0.25, -0.2) is 9.63 Å². The van der Waals surface area contributed by atoms with Gasteiger partial charge in [0.25, 0.3) is 0 Å². The summed E-state index contributed by atoms with van der Waals surface area (Å²) in [5, 5.41) is 24.9. The predicted octanol–water partition coefficient (Wildman–Crippen LogP) is 3.15. The number of benzene rings is 2. The summed E-state index contributed by atoms with van der Waals surface area (Å²) in [5.41, 5.74) is 2.71. The van der Waals surface area contributed by atoms with E-state index < -0.39 is 72.9 Å². The Hall–Kier alpha value is -2.71. The van der Waals surface area contributed by atoms with Gasteiger partial charge in [0.15, 0.2) is 35.6 Å². The fraction of sp³-hybridized carbons (Fsp3) is 0.588. The van der Waals surface area contributed by atoms with Crippen LogP contribution in [0.3, 0.4) is 0 Å². The number of amides is 1. The Morgan fingerprint density at radius 1 is 1.00 bits per heavy atom. The van der Waals surface area contributed by atoms with Gasteiger partial charge < -0.3 is 58.2 Å². The van der Waals surface area contributed by atoms with Gasteiger partial charge in [-0.3, -0.25) is 4.79 Å². The maximum Gasteiger partial charge on any atom is 0.412 e. The lowest BCUT2D eigenvalue weighted by Gasteiger charge is -2.47. The molecule has 4 N–H and O–H groups in total. The molecule has 10 atom stereocenters. The maximum atomic E-state index is 13.7. The van der Waals surface area contributed by atoms with Crippen LogP contribution in [0.4, 0.5) is 4.79 Å². The van der Waals surface area contributed by atoms with E-state index in [9.17, 15) is 19.8 Å². The third kappa shape index (κ3) is 7.49. The van der Waals surface area contributed by atoms with Crippen LogP contribution in [-0.4, -0.2) is 111 Å². The van der Waals surface area contributed by atoms with Crippen LogP contribution >= 0.6 is 33.4 Å². The van der Waals surface area contributed by atoms with Gasteiger partial charge in [-0.1, -0.05) is 27.7 Å². The highest BCUT2D eigenvalue weighted by molar-refractivity contribution is 8.76. The van der Waals surface area contributed by atoms with Gasteiger partial charge in [-0.05, 0) is 66.1 Å². The Balaban J connectivity index is 1.17. The molecule has 0 bridgehead atoms. The summed E-state index contributed by atoms with van der Waals surface area (Å²) in [6, 6.07) is 7.26. The van der Waals surface area contributed by atoms with Crippen molar-refractivity contribution in [2.24, 2.45) is 11.8 Å². The number of aryl methyl sites for hydroxylation is 1. The summed E-state index contributed by atoms with van der Waals surface area (Å²) in [6.45, 7) is 4.77. The molecule has 4 aliphatic heterocycles. The molecule has 0 saturated carbocycles. The summed E-state index contributed by atoms with van der Waals surface area (Å²) < 4.78 is 52.6. The van der Waals surface area contributed by atoms with Crippen molar-refractivity contribution in [3.8, 4) is 23.0 Å². The molecule has 2 aromatic carbocycles. The van der Waals surface area contributed by atoms with Gasteiger partial charge in [0.2, 0.25) is 6.79 Å². The smallest absolute Gasteiger partial charge is 0.412 e. The van der Waals surface area contributed by atoms with E-state index in [4.69, 9.17) is 54.4 Å². The van der Waals surface area contributed by atoms with Crippen LogP contribution in [-0.2, 0) is 28.5 Å². The van der Waals surface area contributed by atoms with Crippen molar-refractivity contribution in [2.75, 3.05) is 51.7 Å². The number of halogens is 1. The van der Waals surface area contributed by atoms with Gasteiger partial charge >= 0.3 is 12.1 Å². The summed E-state index contributed by atoms with van der Waals surface area (Å²) in [7, 11) is 4.74. The van der Waals surface area contributed by atoms with Crippen LogP contribution < -0.4 is 29.1 Å². The minimum atomic E-state index is -1.45. The third-order valence-electron chi connectivity index (χ3n) is 9.74. The average molecular weight is 785 g/mol. The number of hydrogen-bond acceptors (Lipinski definition) is 16. The fourth-order valence-electron chi connectivity index (χ4n) is 7.39. The molecule has 2 aromatic rings. The molecule has 7 rings (SSSR count). The van der Waals surface area contributed by atoms with Crippen molar-refractivity contribution in [1.82, 2.24) is 10.2 Å². The molecular weight excluding hydrogens is 744 g/mol. The number of carbonyl (C=O) groups is 2. The van der Waals surface area contributed by atoms with Crippen molar-refractivity contribution in [3.63, 3.8) is 0 Å². The van der Waals surface area contributed by atoms with E-state index in [-0.39, 0.29) is 25.8 Å². The molecule has 5 aliphatic rings. The van der Waals surface area contributed by atoms with E-state index in [0.29, 0.717) is 58.3 Å². The summed E-state index contributed by atoms with van der Waals surface area (Å²) in [5.74, 6) is 0.821. The summed E-state index contributed by atoms with van der Waals surface area (Å²) in [6.07, 6.45) is -7.53. The lowest BCUT2D eigenvalue weighted by Crippen LogP contribution is -2.63. The highest BCUT2D eigenvalue weighted by Gasteiger charge is 2.56. The van der Waals surface area contributed by atoms with Crippen molar-refractivity contribution in [3.05, 3.63) is 46.5 Å². The van der Waals surface area contributed by atoms with E-state index in [1.807, 2.05) is 18.2 Å². The van der Waals surface area contributed by atoms with Crippen LogP contribution in [0.2, 0.25) is 0 Å². The number of aliphatic hydroxyl groups is 2. The number of fused-ring (bicyclic) bond motifs is 4. The van der Waals surface area contributed by atoms with E-state index in [0.717, 1.165) is 5.75 Å². The predicted molar refractivity (Wildman–Crippen MR) is 188 cm³/mol. The number of rotatable bonds is 12. The van der Waals surface area contributed by atoms with Gasteiger partial charge in [0, 0.05) is 36.4 Å². The zero-order valence-corrected chi connectivity index (χ0v) is 31.0. The highest BCUT2D eigenvalue weighted by atomic mass is 35.5. The fourth-order valence-corrected chi connectivity index (χ4v) is 9.41. The van der Waals surface area contributed by atoms with Crippen LogP contribution in [0.25, 0.3) is 0 Å². The molecule has 0 aromatic heterocycles. The normalized spacial score (nSPS) is 31.6. The second-order valence-corrected chi connectivity index (χ2v) is 15.9. The van der Waals surface area contributed by atoms with E-state index >= 15 is 0 Å². The first-order chi connectivity index (χ1) is 25.2. The quantitative estimate of drug-likeness (QED) is 0.107. The zero-order valence-electron chi connectivity index (χ0n) is 28.6. The van der Waals surface area contributed by atoms with Gasteiger partial charge in [-0.2, -0.15) is 0 Å². The molecule has 0 radical (unpaired) electrons. The van der Waals surface area contributed by atoms with Crippen LogP contribution in [0.1, 0.15) is 41.2 Å². The first kappa shape index (κ1) is 37.6. The molecule has 52 heavy (non-hydrogen) atoms. The first-order valence-corrected chi connectivity index (χ1v) is 19.8. The topological polar surface area (TPSA) is 182 Å². The Morgan fingerprint density at radius 2 is 1.75 bits per heavy atom. The number of esters is 1. The number of hydrogen-bond donors (Lipinski definition) is 4. The standard InChI is InChI=1S/C34H41ClN2O13S2/c1-15-8-17(9-23(42-3)29(15)50-34(41)36-4-6-51-52-7-5-37-35)25-18-10-21-22(46-14-45-21)11-19(18)30(20-12-44-32(40)26(20)25)49-33-28(39)27(38)31-24(48-33)13-43-16(2)47-31/h8-11,16,20,24-28,30-31,33,37-39H,4-7,12-14H2,1-3H3,(H,36,41)/t16?,20-,24?,25+,26-,27?,28?,30+,31?,33?/m0/s1. The van der Waals surface area contributed by atoms with Crippen molar-refractivity contribution in [1.29, 1.82) is 0 Å². The largest absolute Gasteiger partial charge is 0.493 e. The van der Waals surface area contributed by atoms with Crippen LogP contribution in [0.5, 0.6) is 23.0 Å². The molecule has 1 aliphatic carbocycles. The molecule has 0 spiro atoms. The molecule has 6 unspecified atom stereocenters. The van der Waals surface area contributed by atoms with Crippen LogP contribution in [0.15, 0.2) is 24.3 Å². The lowest BCUT2D eigenvalue weighted by atomic mass is 9.66. The molecular formula is C34H41ClN2O13S2. The molecule has 1 amide bonds. The minimum Gasteiger partial charge on any atom is -0.493 e. The van der Waals surface area contributed by atoms with Gasteiger partial charge in [0.1, 0.15) is 24.4 Å². The third-order valence-corrected chi connectivity index (χ3v) is 12.3. The summed E-state index contributed by atoms with van der Waals surface area (Å²) in [4.78, 5) is 29.0. The van der Waals surface area contributed by atoms with E-state index in [1.54, 1.807) is 41.5 Å². The summed E-state index contributed by atoms with van der Waals surface area (Å²) >= 11 is 5.47. The molecule has 284 valence electrons. The average Bonchev–Trinajstić information content (AvgIpc) is 3.76. The highest BCUT2D eigenvalue weighted by Crippen LogP contribution is 2.56. The van der Waals surface area contributed by atoms with E-state index in [2.05, 4.69) is 10.2 Å². The number of cyclic esters (lactones) is 1. The molecule has 3 saturated heterocycles. The Morgan fingerprint density at radius 3 is 2.50 bits per heavy atom. The van der Waals surface area contributed by atoms with Crippen molar-refractivity contribution in [2.45, 2.75) is 62.9 Å². The second-order valence-electron chi connectivity index (χ2n) is 12.9. The minimum absolute atomic E-state index is 0.0194. The number of ether oxygens (including phenoxy) is 9. The van der Waals surface area contributed by atoms with Gasteiger partial charge in [-0.15, -0.1) is 0 Å². The molecule has 15 nitrogen and oxygen atoms in total. The van der Waals surface area contributed by atoms with E-state index in [1.165, 1.54) is 7.11 Å². The van der Waals surface area contributed by atoms with Crippen molar-refractivity contribution >= 4 is 45.4 Å². The number of carbonyl (C=O) groups excluding carboxylic acids is 2. The monoisotopic (exact) mass is 784 g/mol. The van der Waals surface area contributed by atoms with Gasteiger partial charge in [0.05, 0.1) is 32.3 Å². The Labute approximate surface area is 313 Å².